The molecular weight excluding hydrogens is 464 g/mol. The van der Waals surface area contributed by atoms with Crippen molar-refractivity contribution < 1.29 is 38.0 Å². The van der Waals surface area contributed by atoms with Gasteiger partial charge in [0, 0.05) is 28.2 Å². The molecule has 194 valence electrons. The van der Waals surface area contributed by atoms with Crippen molar-refractivity contribution in [3.05, 3.63) is 34.9 Å². The largest absolute Gasteiger partial charge is 0.493 e. The van der Waals surface area contributed by atoms with E-state index in [1.54, 1.807) is 41.4 Å². The summed E-state index contributed by atoms with van der Waals surface area (Å²) < 4.78 is 41.0. The van der Waals surface area contributed by atoms with Crippen molar-refractivity contribution in [2.45, 2.75) is 40.2 Å². The lowest BCUT2D eigenvalue weighted by Crippen LogP contribution is -2.27. The van der Waals surface area contributed by atoms with E-state index in [0.29, 0.717) is 52.1 Å². The van der Waals surface area contributed by atoms with Gasteiger partial charge in [0.2, 0.25) is 18.3 Å². The van der Waals surface area contributed by atoms with Gasteiger partial charge in [-0.3, -0.25) is 0 Å². The molecule has 0 aromatic heterocycles. The number of rotatable bonds is 6. The van der Waals surface area contributed by atoms with Crippen LogP contribution in [0.3, 0.4) is 0 Å². The van der Waals surface area contributed by atoms with E-state index in [1.807, 2.05) is 19.1 Å². The van der Waals surface area contributed by atoms with E-state index in [9.17, 15) is 4.79 Å². The average Bonchev–Trinajstić information content (AvgIpc) is 3.36. The number of hydrogen-bond donors (Lipinski definition) is 0. The Morgan fingerprint density at radius 1 is 0.944 bits per heavy atom. The zero-order valence-corrected chi connectivity index (χ0v) is 22.1. The van der Waals surface area contributed by atoms with Crippen LogP contribution in [0.1, 0.15) is 44.9 Å². The Balaban J connectivity index is 2.12. The maximum Gasteiger partial charge on any atom is 0.333 e. The Morgan fingerprint density at radius 2 is 1.64 bits per heavy atom. The molecule has 0 amide bonds. The zero-order valence-electron chi connectivity index (χ0n) is 22.1. The van der Waals surface area contributed by atoms with Gasteiger partial charge in [-0.15, -0.1) is 0 Å². The molecule has 2 aromatic rings. The Labute approximate surface area is 212 Å². The van der Waals surface area contributed by atoms with Crippen LogP contribution in [0, 0.1) is 11.8 Å². The number of ether oxygens (including phenoxy) is 7. The Kier molecular flexibility index (Phi) is 7.24. The van der Waals surface area contributed by atoms with Gasteiger partial charge < -0.3 is 33.2 Å². The highest BCUT2D eigenvalue weighted by molar-refractivity contribution is 5.90. The van der Waals surface area contributed by atoms with E-state index >= 15 is 0 Å². The molecule has 0 N–H and O–H groups in total. The summed E-state index contributed by atoms with van der Waals surface area (Å²) in [5.74, 6) is 2.79. The highest BCUT2D eigenvalue weighted by atomic mass is 16.7. The number of allylic oxidation sites excluding steroid dienone is 1. The van der Waals surface area contributed by atoms with Crippen LogP contribution in [0.15, 0.2) is 23.8 Å². The number of carbonyl (C=O) groups excluding carboxylic acids is 1. The van der Waals surface area contributed by atoms with E-state index in [1.165, 1.54) is 0 Å². The molecule has 0 spiro atoms. The van der Waals surface area contributed by atoms with Gasteiger partial charge in [0.05, 0.1) is 28.4 Å². The van der Waals surface area contributed by atoms with Gasteiger partial charge in [0.15, 0.2) is 23.0 Å². The summed E-state index contributed by atoms with van der Waals surface area (Å²) in [6.07, 6.45) is 1.85. The summed E-state index contributed by atoms with van der Waals surface area (Å²) in [6.45, 7) is 7.87. The van der Waals surface area contributed by atoms with Gasteiger partial charge in [-0.25, -0.2) is 4.79 Å². The normalized spacial score (nSPS) is 20.4. The summed E-state index contributed by atoms with van der Waals surface area (Å²) in [5, 5.41) is 0. The molecule has 0 radical (unpaired) electrons. The molecule has 1 heterocycles. The number of methoxy groups -OCH3 is 4. The van der Waals surface area contributed by atoms with Crippen LogP contribution in [0.25, 0.3) is 11.1 Å². The predicted octanol–water partition coefficient (Wildman–Crippen LogP) is 5.50. The van der Waals surface area contributed by atoms with Crippen molar-refractivity contribution >= 4 is 5.97 Å². The topological polar surface area (TPSA) is 81.7 Å². The Bertz CT molecular complexity index is 1200. The van der Waals surface area contributed by atoms with Crippen molar-refractivity contribution in [2.24, 2.45) is 11.8 Å². The van der Waals surface area contributed by atoms with Gasteiger partial charge in [0.1, 0.15) is 6.10 Å². The second-order valence-electron chi connectivity index (χ2n) is 9.13. The third-order valence-corrected chi connectivity index (χ3v) is 7.23. The van der Waals surface area contributed by atoms with Gasteiger partial charge in [-0.2, -0.15) is 0 Å². The maximum absolute atomic E-state index is 13.0. The molecule has 1 aliphatic heterocycles. The van der Waals surface area contributed by atoms with Crippen LogP contribution < -0.4 is 28.4 Å². The fourth-order valence-corrected chi connectivity index (χ4v) is 4.96. The van der Waals surface area contributed by atoms with Crippen LogP contribution >= 0.6 is 0 Å². The van der Waals surface area contributed by atoms with E-state index in [2.05, 4.69) is 13.8 Å². The molecule has 4 rings (SSSR count). The molecule has 0 bridgehead atoms. The highest BCUT2D eigenvalue weighted by Gasteiger charge is 2.40. The van der Waals surface area contributed by atoms with Gasteiger partial charge in [0.25, 0.3) is 0 Å². The molecule has 1 aliphatic carbocycles. The van der Waals surface area contributed by atoms with Crippen LogP contribution in [0.2, 0.25) is 0 Å². The molecule has 3 atom stereocenters. The minimum Gasteiger partial charge on any atom is -0.493 e. The second-order valence-corrected chi connectivity index (χ2v) is 9.13. The molecule has 2 aromatic carbocycles. The number of hydrogen-bond acceptors (Lipinski definition) is 8. The van der Waals surface area contributed by atoms with Crippen molar-refractivity contribution in [2.75, 3.05) is 35.2 Å². The first kappa shape index (κ1) is 25.5. The first-order valence-corrected chi connectivity index (χ1v) is 12.0. The van der Waals surface area contributed by atoms with Gasteiger partial charge in [-0.1, -0.05) is 19.9 Å². The summed E-state index contributed by atoms with van der Waals surface area (Å²) in [6, 6.07) is 3.86. The third-order valence-electron chi connectivity index (χ3n) is 7.23. The summed E-state index contributed by atoms with van der Waals surface area (Å²) in [5.41, 5.74) is 3.78. The summed E-state index contributed by atoms with van der Waals surface area (Å²) >= 11 is 0. The molecule has 0 unspecified atom stereocenters. The lowest BCUT2D eigenvalue weighted by Gasteiger charge is -2.35. The molecule has 0 fully saturated rings. The van der Waals surface area contributed by atoms with E-state index in [4.69, 9.17) is 33.2 Å². The zero-order chi connectivity index (χ0) is 26.1. The second kappa shape index (κ2) is 10.2. The lowest BCUT2D eigenvalue weighted by atomic mass is 9.75. The standard InChI is InChI=1S/C28H34O8/c1-9-14(2)28(29)36-23-16(4)15(3)10-17-11-19(30-5)24(31-6)26(32-7)21(17)22-18(23)12-20-25(27(22)33-8)35-13-34-20/h9,11-12,15-16,23H,10,13H2,1-8H3/t15-,16-,23+/m0/s1. The molecule has 0 saturated carbocycles. The smallest absolute Gasteiger partial charge is 0.333 e. The van der Waals surface area contributed by atoms with E-state index in [0.717, 1.165) is 16.7 Å². The van der Waals surface area contributed by atoms with Crippen molar-refractivity contribution in [1.82, 2.24) is 0 Å². The molecule has 36 heavy (non-hydrogen) atoms. The molecule has 8 nitrogen and oxygen atoms in total. The fraction of sp³-hybridized carbons (Fsp3) is 0.464. The molecular formula is C28H34O8. The van der Waals surface area contributed by atoms with Gasteiger partial charge >= 0.3 is 5.97 Å². The summed E-state index contributed by atoms with van der Waals surface area (Å²) in [4.78, 5) is 13.0. The van der Waals surface area contributed by atoms with E-state index < -0.39 is 6.10 Å². The predicted molar refractivity (Wildman–Crippen MR) is 135 cm³/mol. The molecule has 0 saturated heterocycles. The summed E-state index contributed by atoms with van der Waals surface area (Å²) in [7, 11) is 6.35. The van der Waals surface area contributed by atoms with Crippen LogP contribution in [-0.2, 0) is 16.0 Å². The van der Waals surface area contributed by atoms with Crippen molar-refractivity contribution in [1.29, 1.82) is 0 Å². The fourth-order valence-electron chi connectivity index (χ4n) is 4.96. The van der Waals surface area contributed by atoms with Gasteiger partial charge in [-0.05, 0) is 43.9 Å². The number of benzene rings is 2. The van der Waals surface area contributed by atoms with Crippen molar-refractivity contribution in [3.8, 4) is 45.6 Å². The molecule has 2 aliphatic rings. The minimum atomic E-state index is -0.577. The average molecular weight is 499 g/mol. The number of carbonyl (C=O) groups is 1. The Hall–Kier alpha value is -3.55. The first-order chi connectivity index (χ1) is 17.3. The van der Waals surface area contributed by atoms with Crippen molar-refractivity contribution in [3.63, 3.8) is 0 Å². The SMILES string of the molecule is CC=C(C)C(=O)O[C@H]1c2cc3c(c(OC)c2-c2c(cc(OC)c(OC)c2OC)C[C@H](C)[C@@H]1C)OCO3. The number of esters is 1. The quantitative estimate of drug-likeness (QED) is 0.382. The van der Waals surface area contributed by atoms with E-state index in [-0.39, 0.29) is 24.6 Å². The van der Waals surface area contributed by atoms with Crippen LogP contribution in [0.5, 0.6) is 34.5 Å². The highest BCUT2D eigenvalue weighted by Crippen LogP contribution is 2.58. The number of fused-ring (bicyclic) bond motifs is 4. The van der Waals surface area contributed by atoms with Crippen LogP contribution in [-0.4, -0.2) is 41.2 Å². The third kappa shape index (κ3) is 4.08. The lowest BCUT2D eigenvalue weighted by molar-refractivity contribution is -0.148. The van der Waals surface area contributed by atoms with Crippen LogP contribution in [0.4, 0.5) is 0 Å². The molecule has 8 heteroatoms. The Morgan fingerprint density at radius 3 is 2.25 bits per heavy atom. The maximum atomic E-state index is 13.0. The minimum absolute atomic E-state index is 0.0327. The first-order valence-electron chi connectivity index (χ1n) is 12.0. The monoisotopic (exact) mass is 498 g/mol.